The SMILES string of the molecule is CCc1c(C(C)C)nc(N)c(C#N)c1-c1ccc(S(C)(=O)=O)cc1. The van der Waals surface area contributed by atoms with Crippen LogP contribution in [0.3, 0.4) is 0 Å². The first kappa shape index (κ1) is 18.0. The van der Waals surface area contributed by atoms with E-state index >= 15 is 0 Å². The highest BCUT2D eigenvalue weighted by atomic mass is 32.2. The standard InChI is InChI=1S/C18H21N3O2S/c1-5-14-16(12-6-8-13(9-7-12)24(4,22)23)15(10-19)18(20)21-17(14)11(2)3/h6-9,11H,5H2,1-4H3,(H2,20,21). The first-order valence-electron chi connectivity index (χ1n) is 7.73. The Hall–Kier alpha value is -2.39. The van der Waals surface area contributed by atoms with E-state index in [0.29, 0.717) is 12.0 Å². The van der Waals surface area contributed by atoms with E-state index in [4.69, 9.17) is 5.73 Å². The van der Waals surface area contributed by atoms with Crippen molar-refractivity contribution in [2.75, 3.05) is 12.0 Å². The van der Waals surface area contributed by atoms with E-state index in [1.165, 1.54) is 6.26 Å². The number of nitrogens with two attached hydrogens (primary N) is 1. The summed E-state index contributed by atoms with van der Waals surface area (Å²) in [6.07, 6.45) is 1.88. The Morgan fingerprint density at radius 2 is 1.83 bits per heavy atom. The molecule has 0 atom stereocenters. The van der Waals surface area contributed by atoms with E-state index in [0.717, 1.165) is 22.4 Å². The van der Waals surface area contributed by atoms with Crippen LogP contribution in [0, 0.1) is 11.3 Å². The van der Waals surface area contributed by atoms with Gasteiger partial charge in [0.05, 0.1) is 4.90 Å². The number of nitrogen functional groups attached to an aromatic ring is 1. The zero-order valence-corrected chi connectivity index (χ0v) is 15.1. The van der Waals surface area contributed by atoms with Crippen LogP contribution in [-0.4, -0.2) is 19.7 Å². The highest BCUT2D eigenvalue weighted by Crippen LogP contribution is 2.35. The monoisotopic (exact) mass is 343 g/mol. The second-order valence-corrected chi connectivity index (χ2v) is 8.04. The molecule has 0 aliphatic heterocycles. The molecule has 0 bridgehead atoms. The lowest BCUT2D eigenvalue weighted by atomic mass is 9.89. The zero-order chi connectivity index (χ0) is 18.1. The number of nitrogens with zero attached hydrogens (tertiary/aromatic N) is 2. The number of rotatable bonds is 4. The minimum absolute atomic E-state index is 0.170. The minimum atomic E-state index is -3.26. The van der Waals surface area contributed by atoms with Crippen molar-refractivity contribution in [1.29, 1.82) is 5.26 Å². The third kappa shape index (κ3) is 3.26. The maximum atomic E-state index is 11.6. The molecule has 2 aromatic rings. The lowest BCUT2D eigenvalue weighted by molar-refractivity contribution is 0.602. The quantitative estimate of drug-likeness (QED) is 0.918. The van der Waals surface area contributed by atoms with Gasteiger partial charge in [0.2, 0.25) is 0 Å². The van der Waals surface area contributed by atoms with Gasteiger partial charge in [-0.1, -0.05) is 32.9 Å². The molecule has 0 saturated carbocycles. The molecule has 126 valence electrons. The maximum absolute atomic E-state index is 11.6. The van der Waals surface area contributed by atoms with Crippen LogP contribution >= 0.6 is 0 Å². The Bertz CT molecular complexity index is 909. The van der Waals surface area contributed by atoms with Crippen LogP contribution in [0.1, 0.15) is 43.5 Å². The van der Waals surface area contributed by atoms with Gasteiger partial charge in [0, 0.05) is 17.5 Å². The van der Waals surface area contributed by atoms with Gasteiger partial charge in [0.25, 0.3) is 0 Å². The molecule has 2 rings (SSSR count). The number of pyridine rings is 1. The largest absolute Gasteiger partial charge is 0.383 e. The van der Waals surface area contributed by atoms with Crippen molar-refractivity contribution in [3.8, 4) is 17.2 Å². The number of nitriles is 1. The molecule has 0 spiro atoms. The highest BCUT2D eigenvalue weighted by molar-refractivity contribution is 7.90. The molecule has 0 radical (unpaired) electrons. The smallest absolute Gasteiger partial charge is 0.175 e. The minimum Gasteiger partial charge on any atom is -0.383 e. The van der Waals surface area contributed by atoms with Crippen molar-refractivity contribution >= 4 is 15.7 Å². The molecule has 6 heteroatoms. The first-order valence-corrected chi connectivity index (χ1v) is 9.62. The van der Waals surface area contributed by atoms with E-state index in [1.807, 2.05) is 20.8 Å². The summed E-state index contributed by atoms with van der Waals surface area (Å²) in [4.78, 5) is 4.66. The summed E-state index contributed by atoms with van der Waals surface area (Å²) < 4.78 is 23.3. The van der Waals surface area contributed by atoms with E-state index in [-0.39, 0.29) is 16.6 Å². The van der Waals surface area contributed by atoms with Gasteiger partial charge in [-0.25, -0.2) is 13.4 Å². The highest BCUT2D eigenvalue weighted by Gasteiger charge is 2.20. The summed E-state index contributed by atoms with van der Waals surface area (Å²) >= 11 is 0. The van der Waals surface area contributed by atoms with E-state index < -0.39 is 9.84 Å². The van der Waals surface area contributed by atoms with Crippen molar-refractivity contribution in [1.82, 2.24) is 4.98 Å². The fraction of sp³-hybridized carbons (Fsp3) is 0.333. The molecule has 0 amide bonds. The summed E-state index contributed by atoms with van der Waals surface area (Å²) in [6.45, 7) is 6.07. The van der Waals surface area contributed by atoms with Gasteiger partial charge in [-0.3, -0.25) is 0 Å². The number of benzene rings is 1. The summed E-state index contributed by atoms with van der Waals surface area (Å²) in [5.74, 6) is 0.379. The van der Waals surface area contributed by atoms with Gasteiger partial charge in [-0.2, -0.15) is 5.26 Å². The molecule has 0 aliphatic rings. The van der Waals surface area contributed by atoms with Crippen LogP contribution in [0.15, 0.2) is 29.2 Å². The van der Waals surface area contributed by atoms with Gasteiger partial charge in [0.1, 0.15) is 17.5 Å². The summed E-state index contributed by atoms with van der Waals surface area (Å²) in [5, 5.41) is 9.53. The normalized spacial score (nSPS) is 11.5. The summed E-state index contributed by atoms with van der Waals surface area (Å²) in [5.41, 5.74) is 9.70. The predicted octanol–water partition coefficient (Wildman–Crippen LogP) is 3.29. The van der Waals surface area contributed by atoms with E-state index in [1.54, 1.807) is 24.3 Å². The Morgan fingerprint density at radius 1 is 1.25 bits per heavy atom. The van der Waals surface area contributed by atoms with Crippen molar-refractivity contribution in [2.45, 2.75) is 38.0 Å². The van der Waals surface area contributed by atoms with Crippen molar-refractivity contribution in [3.05, 3.63) is 41.1 Å². The number of sulfone groups is 1. The second kappa shape index (κ2) is 6.62. The van der Waals surface area contributed by atoms with E-state index in [2.05, 4.69) is 11.1 Å². The molecule has 1 aromatic heterocycles. The average molecular weight is 343 g/mol. The van der Waals surface area contributed by atoms with Gasteiger partial charge in [-0.05, 0) is 35.6 Å². The zero-order valence-electron chi connectivity index (χ0n) is 14.3. The molecule has 0 saturated heterocycles. The van der Waals surface area contributed by atoms with E-state index in [9.17, 15) is 13.7 Å². The fourth-order valence-corrected chi connectivity index (χ4v) is 3.43. The lowest BCUT2D eigenvalue weighted by Crippen LogP contribution is -2.08. The Morgan fingerprint density at radius 3 is 2.25 bits per heavy atom. The molecule has 0 aliphatic carbocycles. The molecule has 1 heterocycles. The molecular formula is C18H21N3O2S. The number of hydrogen-bond donors (Lipinski definition) is 1. The van der Waals surface area contributed by atoms with Crippen LogP contribution in [0.4, 0.5) is 5.82 Å². The molecule has 0 fully saturated rings. The topological polar surface area (TPSA) is 96.8 Å². The Balaban J connectivity index is 2.79. The molecule has 2 N–H and O–H groups in total. The summed E-state index contributed by atoms with van der Waals surface area (Å²) in [7, 11) is -3.26. The van der Waals surface area contributed by atoms with Gasteiger partial charge in [-0.15, -0.1) is 0 Å². The van der Waals surface area contributed by atoms with Crippen molar-refractivity contribution in [2.24, 2.45) is 0 Å². The van der Waals surface area contributed by atoms with Gasteiger partial charge < -0.3 is 5.73 Å². The third-order valence-corrected chi connectivity index (χ3v) is 5.07. The maximum Gasteiger partial charge on any atom is 0.175 e. The second-order valence-electron chi connectivity index (χ2n) is 6.03. The number of hydrogen-bond acceptors (Lipinski definition) is 5. The van der Waals surface area contributed by atoms with Crippen molar-refractivity contribution < 1.29 is 8.42 Å². The number of anilines is 1. The molecular weight excluding hydrogens is 322 g/mol. The first-order chi connectivity index (χ1) is 11.2. The van der Waals surface area contributed by atoms with Crippen molar-refractivity contribution in [3.63, 3.8) is 0 Å². The number of aromatic nitrogens is 1. The fourth-order valence-electron chi connectivity index (χ4n) is 2.80. The molecule has 0 unspecified atom stereocenters. The van der Waals surface area contributed by atoms with Gasteiger partial charge in [0.15, 0.2) is 9.84 Å². The predicted molar refractivity (Wildman–Crippen MR) is 95.4 cm³/mol. The molecule has 1 aromatic carbocycles. The van der Waals surface area contributed by atoms with Crippen LogP contribution in [0.5, 0.6) is 0 Å². The third-order valence-electron chi connectivity index (χ3n) is 3.94. The Kier molecular flexibility index (Phi) is 4.95. The van der Waals surface area contributed by atoms with Crippen LogP contribution in [0.2, 0.25) is 0 Å². The lowest BCUT2D eigenvalue weighted by Gasteiger charge is -2.18. The average Bonchev–Trinajstić information content (AvgIpc) is 2.52. The molecule has 5 nitrogen and oxygen atoms in total. The van der Waals surface area contributed by atoms with Crippen LogP contribution in [-0.2, 0) is 16.3 Å². The summed E-state index contributed by atoms with van der Waals surface area (Å²) in [6, 6.07) is 8.68. The van der Waals surface area contributed by atoms with Crippen LogP contribution in [0.25, 0.3) is 11.1 Å². The van der Waals surface area contributed by atoms with Crippen LogP contribution < -0.4 is 5.73 Å². The van der Waals surface area contributed by atoms with Gasteiger partial charge >= 0.3 is 0 Å². The Labute approximate surface area is 143 Å². The molecule has 24 heavy (non-hydrogen) atoms.